The van der Waals surface area contributed by atoms with Gasteiger partial charge in [-0.15, -0.1) is 0 Å². The first-order chi connectivity index (χ1) is 20.5. The summed E-state index contributed by atoms with van der Waals surface area (Å²) in [6.07, 6.45) is -12.1. The number of carbonyl (C=O) groups is 7. The molecule has 0 bridgehead atoms. The van der Waals surface area contributed by atoms with Crippen LogP contribution in [0, 0.1) is 0 Å². The topological polar surface area (TPSA) is 238 Å². The Hall–Kier alpha value is -3.87. The summed E-state index contributed by atoms with van der Waals surface area (Å²) in [6, 6.07) is -2.88. The molecule has 0 radical (unpaired) electrons. The molecule has 0 aromatic carbocycles. The number of hydrogen-bond acceptors (Lipinski definition) is 16. The quantitative estimate of drug-likeness (QED) is 0.161. The minimum absolute atomic E-state index is 0.517. The molecule has 0 unspecified atom stereocenters. The van der Waals surface area contributed by atoms with Crippen molar-refractivity contribution < 1.29 is 76.6 Å². The molecule has 0 aliphatic carbocycles. The molecule has 2 rings (SSSR count). The summed E-state index contributed by atoms with van der Waals surface area (Å²) in [5, 5.41) is 15.8. The highest BCUT2D eigenvalue weighted by Gasteiger charge is 2.55. The number of carbonyl (C=O) groups excluding carboxylic acids is 7. The van der Waals surface area contributed by atoms with Crippen LogP contribution in [-0.4, -0.2) is 121 Å². The number of esters is 5. The summed E-state index contributed by atoms with van der Waals surface area (Å²) in [7, 11) is 0. The number of aliphatic hydroxyl groups excluding tert-OH is 1. The first-order valence-corrected chi connectivity index (χ1v) is 13.5. The lowest BCUT2D eigenvalue weighted by molar-refractivity contribution is -0.326. The summed E-state index contributed by atoms with van der Waals surface area (Å²) in [4.78, 5) is 83.9. The lowest BCUT2D eigenvalue weighted by Crippen LogP contribution is -2.70. The SMILES string of the molecule is CC(=O)N[C@@H]1[C@@H](O[C@H]2O[C@H](COC(C)=O)[C@H](OC(C)=O)[C@H](OC(C)=O)[C@H]2NC(C)=O)[C@@H](OC(C)=O)[C@@H](COC(C)=O)O[C@@H]1O. The van der Waals surface area contributed by atoms with Gasteiger partial charge < -0.3 is 53.6 Å². The Bertz CT molecular complexity index is 1100. The van der Waals surface area contributed by atoms with Crippen LogP contribution in [-0.2, 0) is 71.5 Å². The van der Waals surface area contributed by atoms with Crippen LogP contribution in [0.1, 0.15) is 48.5 Å². The number of nitrogens with one attached hydrogen (secondary N) is 2. The molecule has 2 saturated heterocycles. The Morgan fingerprint density at radius 3 is 1.41 bits per heavy atom. The zero-order valence-electron chi connectivity index (χ0n) is 25.3. The Labute approximate surface area is 252 Å². The van der Waals surface area contributed by atoms with E-state index in [2.05, 4.69) is 10.6 Å². The van der Waals surface area contributed by atoms with Crippen molar-refractivity contribution in [2.75, 3.05) is 13.2 Å². The highest BCUT2D eigenvalue weighted by Crippen LogP contribution is 2.33. The maximum absolute atomic E-state index is 12.3. The highest BCUT2D eigenvalue weighted by molar-refractivity contribution is 5.74. The Morgan fingerprint density at radius 1 is 0.568 bits per heavy atom. The monoisotopic (exact) mass is 634 g/mol. The van der Waals surface area contributed by atoms with Crippen molar-refractivity contribution in [1.29, 1.82) is 0 Å². The molecule has 18 nitrogen and oxygen atoms in total. The summed E-state index contributed by atoms with van der Waals surface area (Å²) in [5.41, 5.74) is 0. The average Bonchev–Trinajstić information content (AvgIpc) is 2.87. The van der Waals surface area contributed by atoms with Crippen molar-refractivity contribution in [1.82, 2.24) is 10.6 Å². The van der Waals surface area contributed by atoms with E-state index in [-0.39, 0.29) is 0 Å². The zero-order chi connectivity index (χ0) is 33.3. The average molecular weight is 635 g/mol. The van der Waals surface area contributed by atoms with Gasteiger partial charge in [-0.25, -0.2) is 0 Å². The van der Waals surface area contributed by atoms with E-state index in [1.807, 2.05) is 0 Å². The van der Waals surface area contributed by atoms with Crippen molar-refractivity contribution in [2.24, 2.45) is 0 Å². The van der Waals surface area contributed by atoms with Crippen molar-refractivity contribution in [3.05, 3.63) is 0 Å². The minimum atomic E-state index is -1.81. The van der Waals surface area contributed by atoms with Gasteiger partial charge in [0.1, 0.15) is 43.6 Å². The fourth-order valence-electron chi connectivity index (χ4n) is 4.70. The first kappa shape index (κ1) is 36.3. The second-order valence-electron chi connectivity index (χ2n) is 9.99. The first-order valence-electron chi connectivity index (χ1n) is 13.5. The molecule has 2 amide bonds. The van der Waals surface area contributed by atoms with E-state index in [1.165, 1.54) is 0 Å². The maximum atomic E-state index is 12.3. The van der Waals surface area contributed by atoms with Gasteiger partial charge in [0.05, 0.1) is 0 Å². The fraction of sp³-hybridized carbons (Fsp3) is 0.731. The second kappa shape index (κ2) is 16.3. The van der Waals surface area contributed by atoms with Crippen LogP contribution in [0.4, 0.5) is 0 Å². The molecule has 2 aliphatic rings. The lowest BCUT2D eigenvalue weighted by atomic mass is 9.94. The van der Waals surface area contributed by atoms with E-state index in [0.29, 0.717) is 0 Å². The largest absolute Gasteiger partial charge is 0.463 e. The minimum Gasteiger partial charge on any atom is -0.463 e. The lowest BCUT2D eigenvalue weighted by Gasteiger charge is -2.49. The predicted octanol–water partition coefficient (Wildman–Crippen LogP) is -2.26. The van der Waals surface area contributed by atoms with E-state index in [4.69, 9.17) is 37.9 Å². The number of amides is 2. The molecule has 248 valence electrons. The number of aliphatic hydroxyl groups is 1. The Balaban J connectivity index is 2.66. The summed E-state index contributed by atoms with van der Waals surface area (Å²) in [6.45, 7) is 6.60. The zero-order valence-corrected chi connectivity index (χ0v) is 25.3. The molecule has 44 heavy (non-hydrogen) atoms. The normalized spacial score (nSPS) is 31.5. The predicted molar refractivity (Wildman–Crippen MR) is 140 cm³/mol. The number of hydrogen-bond donors (Lipinski definition) is 3. The third-order valence-electron chi connectivity index (χ3n) is 6.15. The van der Waals surface area contributed by atoms with Crippen LogP contribution >= 0.6 is 0 Å². The van der Waals surface area contributed by atoms with Gasteiger partial charge in [-0.05, 0) is 0 Å². The third kappa shape index (κ3) is 10.7. The van der Waals surface area contributed by atoms with Crippen LogP contribution < -0.4 is 10.6 Å². The summed E-state index contributed by atoms with van der Waals surface area (Å²) in [5.74, 6) is -5.31. The molecule has 2 aliphatic heterocycles. The van der Waals surface area contributed by atoms with Gasteiger partial charge in [0, 0.05) is 48.5 Å². The van der Waals surface area contributed by atoms with Gasteiger partial charge in [0.2, 0.25) is 11.8 Å². The van der Waals surface area contributed by atoms with Gasteiger partial charge in [0.25, 0.3) is 0 Å². The maximum Gasteiger partial charge on any atom is 0.303 e. The van der Waals surface area contributed by atoms with Crippen LogP contribution in [0.2, 0.25) is 0 Å². The van der Waals surface area contributed by atoms with Crippen LogP contribution in [0.5, 0.6) is 0 Å². The fourth-order valence-corrected chi connectivity index (χ4v) is 4.70. The number of ether oxygens (including phenoxy) is 8. The van der Waals surface area contributed by atoms with Gasteiger partial charge >= 0.3 is 29.8 Å². The molecular weight excluding hydrogens is 596 g/mol. The molecular formula is C26H38N2O16. The van der Waals surface area contributed by atoms with Crippen molar-refractivity contribution in [2.45, 2.75) is 110 Å². The highest BCUT2D eigenvalue weighted by atomic mass is 16.7. The molecule has 0 saturated carbocycles. The van der Waals surface area contributed by atoms with E-state index < -0.39 is 116 Å². The van der Waals surface area contributed by atoms with Crippen LogP contribution in [0.15, 0.2) is 0 Å². The molecule has 2 heterocycles. The molecule has 10 atom stereocenters. The smallest absolute Gasteiger partial charge is 0.303 e. The Kier molecular flexibility index (Phi) is 13.4. The molecule has 2 fully saturated rings. The van der Waals surface area contributed by atoms with Crippen LogP contribution in [0.25, 0.3) is 0 Å². The van der Waals surface area contributed by atoms with Crippen molar-refractivity contribution >= 4 is 41.7 Å². The van der Waals surface area contributed by atoms with Crippen LogP contribution in [0.3, 0.4) is 0 Å². The van der Waals surface area contributed by atoms with Gasteiger partial charge in [-0.3, -0.25) is 33.6 Å². The summed E-state index contributed by atoms with van der Waals surface area (Å²) < 4.78 is 44.0. The standard InChI is InChI=1S/C26H38N2O16/c1-10(29)27-19-23(21(39-14(5)33)17(42-25(19)36)8-37-12(3)31)44-26-20(28-11(2)30)24(41-16(7)35)22(40-15(6)34)18(43-26)9-38-13(4)32/h17-26,36H,8-9H2,1-7H3,(H,27,29)(H,28,30)/t17-,18-,19-,20-,21+,22+,23-,24-,25+,26-/m1/s1. The molecule has 0 spiro atoms. The van der Waals surface area contributed by atoms with Gasteiger partial charge in [0.15, 0.2) is 30.9 Å². The second-order valence-corrected chi connectivity index (χ2v) is 9.99. The van der Waals surface area contributed by atoms with Crippen molar-refractivity contribution in [3.63, 3.8) is 0 Å². The molecule has 18 heteroatoms. The third-order valence-corrected chi connectivity index (χ3v) is 6.15. The van der Waals surface area contributed by atoms with Gasteiger partial charge in [-0.2, -0.15) is 0 Å². The Morgan fingerprint density at radius 2 is 0.977 bits per heavy atom. The summed E-state index contributed by atoms with van der Waals surface area (Å²) >= 11 is 0. The van der Waals surface area contributed by atoms with Gasteiger partial charge in [-0.1, -0.05) is 0 Å². The number of rotatable bonds is 11. The van der Waals surface area contributed by atoms with Crippen molar-refractivity contribution in [3.8, 4) is 0 Å². The molecule has 0 aromatic rings. The molecule has 0 aromatic heterocycles. The van der Waals surface area contributed by atoms with E-state index in [1.54, 1.807) is 0 Å². The van der Waals surface area contributed by atoms with E-state index >= 15 is 0 Å². The van der Waals surface area contributed by atoms with E-state index in [0.717, 1.165) is 48.5 Å². The molecule has 3 N–H and O–H groups in total. The van der Waals surface area contributed by atoms with E-state index in [9.17, 15) is 38.7 Å².